The fourth-order valence-electron chi connectivity index (χ4n) is 1.72. The van der Waals surface area contributed by atoms with Crippen molar-refractivity contribution in [2.24, 2.45) is 0 Å². The predicted octanol–water partition coefficient (Wildman–Crippen LogP) is 2.77. The maximum Gasteiger partial charge on any atom is 0.118 e. The molecule has 1 aromatic heterocycles. The number of rotatable bonds is 3. The number of aromatic nitrogens is 1. The maximum absolute atomic E-state index is 5.97. The average Bonchev–Trinajstić information content (AvgIpc) is 2.71. The summed E-state index contributed by atoms with van der Waals surface area (Å²) in [6, 6.07) is 7.92. The Hall–Kier alpha value is -1.90. The molecular formula is C13H16N2O. The molecule has 1 heterocycles. The number of hydrogen-bond acceptors (Lipinski definition) is 2. The summed E-state index contributed by atoms with van der Waals surface area (Å²) in [4.78, 5) is 0. The molecule has 0 aliphatic heterocycles. The first kappa shape index (κ1) is 10.6. The van der Waals surface area contributed by atoms with Crippen LogP contribution in [0.4, 0.5) is 5.69 Å². The van der Waals surface area contributed by atoms with Gasteiger partial charge >= 0.3 is 0 Å². The van der Waals surface area contributed by atoms with E-state index in [1.807, 2.05) is 30.5 Å². The summed E-state index contributed by atoms with van der Waals surface area (Å²) in [5.74, 6) is 0.859. The van der Waals surface area contributed by atoms with Gasteiger partial charge in [-0.05, 0) is 24.6 Å². The Balaban J connectivity index is 2.38. The molecule has 0 unspecified atom stereocenters. The number of hydrogen-bond donors (Lipinski definition) is 1. The Morgan fingerprint density at radius 2 is 1.88 bits per heavy atom. The van der Waals surface area contributed by atoms with Crippen LogP contribution in [-0.4, -0.2) is 11.7 Å². The summed E-state index contributed by atoms with van der Waals surface area (Å²) < 4.78 is 7.20. The second-order valence-corrected chi connectivity index (χ2v) is 3.69. The Morgan fingerprint density at radius 3 is 2.38 bits per heavy atom. The van der Waals surface area contributed by atoms with E-state index < -0.39 is 0 Å². The largest absolute Gasteiger partial charge is 0.497 e. The third-order valence-electron chi connectivity index (χ3n) is 2.68. The van der Waals surface area contributed by atoms with Crippen LogP contribution in [0.5, 0.6) is 5.75 Å². The Kier molecular flexibility index (Phi) is 2.86. The van der Waals surface area contributed by atoms with Crippen molar-refractivity contribution in [3.63, 3.8) is 0 Å². The third-order valence-corrected chi connectivity index (χ3v) is 2.68. The van der Waals surface area contributed by atoms with E-state index in [1.54, 1.807) is 7.11 Å². The second kappa shape index (κ2) is 4.31. The van der Waals surface area contributed by atoms with Crippen LogP contribution < -0.4 is 10.5 Å². The fraction of sp³-hybridized carbons (Fsp3) is 0.231. The van der Waals surface area contributed by atoms with Gasteiger partial charge in [0.1, 0.15) is 5.75 Å². The van der Waals surface area contributed by atoms with Crippen LogP contribution in [0.25, 0.3) is 11.1 Å². The van der Waals surface area contributed by atoms with Gasteiger partial charge in [-0.25, -0.2) is 0 Å². The first-order valence-corrected chi connectivity index (χ1v) is 5.34. The first-order valence-electron chi connectivity index (χ1n) is 5.34. The van der Waals surface area contributed by atoms with Gasteiger partial charge < -0.3 is 15.0 Å². The smallest absolute Gasteiger partial charge is 0.118 e. The number of ether oxygens (including phenoxy) is 1. The van der Waals surface area contributed by atoms with Crippen LogP contribution in [-0.2, 0) is 6.54 Å². The Labute approximate surface area is 95.5 Å². The van der Waals surface area contributed by atoms with E-state index in [0.29, 0.717) is 0 Å². The molecule has 1 aromatic carbocycles. The molecule has 0 aliphatic carbocycles. The number of benzene rings is 1. The van der Waals surface area contributed by atoms with E-state index >= 15 is 0 Å². The standard InChI is InChI=1S/C13H16N2O/c1-3-15-8-12(13(14)9-15)10-4-6-11(16-2)7-5-10/h4-9H,3,14H2,1-2H3. The van der Waals surface area contributed by atoms with E-state index in [9.17, 15) is 0 Å². The molecule has 0 saturated carbocycles. The van der Waals surface area contributed by atoms with Crippen molar-refractivity contribution >= 4 is 5.69 Å². The highest BCUT2D eigenvalue weighted by Gasteiger charge is 2.05. The minimum atomic E-state index is 0.812. The minimum Gasteiger partial charge on any atom is -0.497 e. The topological polar surface area (TPSA) is 40.2 Å². The number of nitrogen functional groups attached to an aromatic ring is 1. The Bertz CT molecular complexity index is 471. The average molecular weight is 216 g/mol. The van der Waals surface area contributed by atoms with Crippen LogP contribution in [0.1, 0.15) is 6.92 Å². The van der Waals surface area contributed by atoms with Gasteiger partial charge in [0.2, 0.25) is 0 Å². The van der Waals surface area contributed by atoms with Crippen molar-refractivity contribution < 1.29 is 4.74 Å². The van der Waals surface area contributed by atoms with Crippen molar-refractivity contribution in [3.8, 4) is 16.9 Å². The fourth-order valence-corrected chi connectivity index (χ4v) is 1.72. The first-order chi connectivity index (χ1) is 7.74. The quantitative estimate of drug-likeness (QED) is 0.857. The Morgan fingerprint density at radius 1 is 1.19 bits per heavy atom. The lowest BCUT2D eigenvalue weighted by molar-refractivity contribution is 0.415. The third kappa shape index (κ3) is 1.89. The minimum absolute atomic E-state index is 0.812. The highest BCUT2D eigenvalue weighted by atomic mass is 16.5. The van der Waals surface area contributed by atoms with Gasteiger partial charge in [-0.1, -0.05) is 12.1 Å². The molecule has 2 aromatic rings. The summed E-state index contributed by atoms with van der Waals surface area (Å²) >= 11 is 0. The van der Waals surface area contributed by atoms with E-state index in [1.165, 1.54) is 0 Å². The molecule has 0 saturated heterocycles. The van der Waals surface area contributed by atoms with E-state index in [4.69, 9.17) is 10.5 Å². The highest BCUT2D eigenvalue weighted by molar-refractivity contribution is 5.76. The van der Waals surface area contributed by atoms with Gasteiger partial charge in [-0.15, -0.1) is 0 Å². The summed E-state index contributed by atoms with van der Waals surface area (Å²) in [7, 11) is 1.66. The molecular weight excluding hydrogens is 200 g/mol. The van der Waals surface area contributed by atoms with Crippen molar-refractivity contribution in [2.75, 3.05) is 12.8 Å². The number of anilines is 1. The number of nitrogens with two attached hydrogens (primary N) is 1. The SMILES string of the molecule is CCn1cc(N)c(-c2ccc(OC)cc2)c1. The molecule has 0 amide bonds. The van der Waals surface area contributed by atoms with E-state index in [-0.39, 0.29) is 0 Å². The van der Waals surface area contributed by atoms with Gasteiger partial charge in [0.15, 0.2) is 0 Å². The lowest BCUT2D eigenvalue weighted by Crippen LogP contribution is -1.87. The van der Waals surface area contributed by atoms with Gasteiger partial charge in [0.25, 0.3) is 0 Å². The summed E-state index contributed by atoms with van der Waals surface area (Å²) in [6.07, 6.45) is 4.02. The molecule has 0 spiro atoms. The van der Waals surface area contributed by atoms with Gasteiger partial charge in [0, 0.05) is 24.5 Å². The maximum atomic E-state index is 5.97. The molecule has 0 bridgehead atoms. The number of methoxy groups -OCH3 is 1. The molecule has 3 heteroatoms. The number of aryl methyl sites for hydroxylation is 1. The monoisotopic (exact) mass is 216 g/mol. The van der Waals surface area contributed by atoms with Crippen LogP contribution in [0.15, 0.2) is 36.7 Å². The summed E-state index contributed by atoms with van der Waals surface area (Å²) in [5.41, 5.74) is 8.97. The van der Waals surface area contributed by atoms with Crippen molar-refractivity contribution in [1.29, 1.82) is 0 Å². The summed E-state index contributed by atoms with van der Waals surface area (Å²) in [6.45, 7) is 3.03. The molecule has 0 fully saturated rings. The normalized spacial score (nSPS) is 10.4. The molecule has 0 radical (unpaired) electrons. The zero-order valence-corrected chi connectivity index (χ0v) is 9.60. The lowest BCUT2D eigenvalue weighted by atomic mass is 10.1. The number of nitrogens with zero attached hydrogens (tertiary/aromatic N) is 1. The predicted molar refractivity (Wildman–Crippen MR) is 66.5 cm³/mol. The van der Waals surface area contributed by atoms with Crippen molar-refractivity contribution in [2.45, 2.75) is 13.5 Å². The zero-order chi connectivity index (χ0) is 11.5. The van der Waals surface area contributed by atoms with Crippen molar-refractivity contribution in [3.05, 3.63) is 36.7 Å². The van der Waals surface area contributed by atoms with E-state index in [0.717, 1.165) is 29.1 Å². The zero-order valence-electron chi connectivity index (χ0n) is 9.60. The van der Waals surface area contributed by atoms with Gasteiger partial charge in [0.05, 0.1) is 12.8 Å². The molecule has 2 N–H and O–H groups in total. The molecule has 84 valence electrons. The molecule has 0 aliphatic rings. The van der Waals surface area contributed by atoms with Gasteiger partial charge in [-0.2, -0.15) is 0 Å². The van der Waals surface area contributed by atoms with Crippen LogP contribution in [0, 0.1) is 0 Å². The molecule has 16 heavy (non-hydrogen) atoms. The lowest BCUT2D eigenvalue weighted by Gasteiger charge is -2.02. The highest BCUT2D eigenvalue weighted by Crippen LogP contribution is 2.28. The van der Waals surface area contributed by atoms with Crippen LogP contribution >= 0.6 is 0 Å². The summed E-state index contributed by atoms with van der Waals surface area (Å²) in [5, 5.41) is 0. The molecule has 0 atom stereocenters. The molecule has 2 rings (SSSR count). The van der Waals surface area contributed by atoms with Crippen molar-refractivity contribution in [1.82, 2.24) is 4.57 Å². The van der Waals surface area contributed by atoms with Gasteiger partial charge in [-0.3, -0.25) is 0 Å². The van der Waals surface area contributed by atoms with Crippen LogP contribution in [0.2, 0.25) is 0 Å². The second-order valence-electron chi connectivity index (χ2n) is 3.69. The van der Waals surface area contributed by atoms with Crippen LogP contribution in [0.3, 0.4) is 0 Å². The molecule has 3 nitrogen and oxygen atoms in total. The van der Waals surface area contributed by atoms with E-state index in [2.05, 4.69) is 17.7 Å².